The summed E-state index contributed by atoms with van der Waals surface area (Å²) in [7, 11) is 0. The second kappa shape index (κ2) is 6.50. The maximum atomic E-state index is 12.1. The molecule has 1 saturated carbocycles. The zero-order valence-corrected chi connectivity index (χ0v) is 13.0. The minimum absolute atomic E-state index is 0.201. The monoisotopic (exact) mass is 286 g/mol. The van der Waals surface area contributed by atoms with Crippen LogP contribution in [0.4, 0.5) is 11.4 Å². The molecule has 1 aliphatic heterocycles. The molecule has 2 fully saturated rings. The molecule has 21 heavy (non-hydrogen) atoms. The van der Waals surface area contributed by atoms with Gasteiger partial charge >= 0.3 is 0 Å². The molecule has 3 nitrogen and oxygen atoms in total. The quantitative estimate of drug-likeness (QED) is 0.909. The van der Waals surface area contributed by atoms with Gasteiger partial charge in [-0.3, -0.25) is 4.79 Å². The summed E-state index contributed by atoms with van der Waals surface area (Å²) in [6.45, 7) is 4.63. The minimum atomic E-state index is 0.201. The average molecular weight is 286 g/mol. The molecule has 0 atom stereocenters. The van der Waals surface area contributed by atoms with Crippen LogP contribution in [0.25, 0.3) is 0 Å². The lowest BCUT2D eigenvalue weighted by molar-refractivity contribution is -0.119. The molecular weight excluding hydrogens is 260 g/mol. The molecule has 1 N–H and O–H groups in total. The van der Waals surface area contributed by atoms with Crippen molar-refractivity contribution in [3.8, 4) is 0 Å². The third-order valence-corrected chi connectivity index (χ3v) is 5.01. The van der Waals surface area contributed by atoms with E-state index in [1.54, 1.807) is 0 Å². The molecule has 1 aromatic carbocycles. The molecule has 0 aromatic heterocycles. The van der Waals surface area contributed by atoms with Gasteiger partial charge in [-0.1, -0.05) is 19.8 Å². The second-order valence-corrected chi connectivity index (χ2v) is 6.69. The molecule has 1 aliphatic carbocycles. The summed E-state index contributed by atoms with van der Waals surface area (Å²) in [5.41, 5.74) is 2.21. The third kappa shape index (κ3) is 3.58. The van der Waals surface area contributed by atoms with Crippen LogP contribution in [0.5, 0.6) is 0 Å². The van der Waals surface area contributed by atoms with Gasteiger partial charge in [0.1, 0.15) is 0 Å². The Morgan fingerprint density at radius 3 is 2.29 bits per heavy atom. The van der Waals surface area contributed by atoms with Crippen LogP contribution in [0.1, 0.15) is 45.4 Å². The van der Waals surface area contributed by atoms with Gasteiger partial charge in [-0.25, -0.2) is 0 Å². The number of carbonyl (C=O) groups excluding carboxylic acids is 1. The molecule has 0 spiro atoms. The second-order valence-electron chi connectivity index (χ2n) is 6.69. The zero-order valence-electron chi connectivity index (χ0n) is 13.0. The largest absolute Gasteiger partial charge is 0.372 e. The van der Waals surface area contributed by atoms with Crippen LogP contribution in [0.2, 0.25) is 0 Å². The van der Waals surface area contributed by atoms with Crippen molar-refractivity contribution >= 4 is 17.3 Å². The topological polar surface area (TPSA) is 32.3 Å². The fourth-order valence-electron chi connectivity index (χ4n) is 3.45. The molecular formula is C18H26N2O. The number of anilines is 2. The summed E-state index contributed by atoms with van der Waals surface area (Å²) in [5, 5.41) is 3.06. The van der Waals surface area contributed by atoms with Gasteiger partial charge in [0, 0.05) is 30.4 Å². The standard InChI is InChI=1S/C18H26N2O/c1-14-10-12-20(13-11-14)17-8-6-16(7-9-17)19-18(21)15-4-2-3-5-15/h6-9,14-15H,2-5,10-13H2,1H3,(H,19,21). The Morgan fingerprint density at radius 1 is 1.05 bits per heavy atom. The number of nitrogens with one attached hydrogen (secondary N) is 1. The first-order valence-corrected chi connectivity index (χ1v) is 8.38. The highest BCUT2D eigenvalue weighted by Crippen LogP contribution is 2.27. The lowest BCUT2D eigenvalue weighted by Crippen LogP contribution is -2.32. The molecule has 1 saturated heterocycles. The van der Waals surface area contributed by atoms with E-state index in [9.17, 15) is 4.79 Å². The maximum Gasteiger partial charge on any atom is 0.227 e. The molecule has 1 aromatic rings. The SMILES string of the molecule is CC1CCN(c2ccc(NC(=O)C3CCCC3)cc2)CC1. The van der Waals surface area contributed by atoms with Crippen molar-refractivity contribution in [2.75, 3.05) is 23.3 Å². The summed E-state index contributed by atoms with van der Waals surface area (Å²) in [4.78, 5) is 14.6. The van der Waals surface area contributed by atoms with Crippen molar-refractivity contribution in [3.63, 3.8) is 0 Å². The van der Waals surface area contributed by atoms with E-state index in [0.717, 1.165) is 37.5 Å². The maximum absolute atomic E-state index is 12.1. The van der Waals surface area contributed by atoms with Crippen LogP contribution in [0, 0.1) is 11.8 Å². The summed E-state index contributed by atoms with van der Waals surface area (Å²) >= 11 is 0. The van der Waals surface area contributed by atoms with Crippen molar-refractivity contribution < 1.29 is 4.79 Å². The number of hydrogen-bond acceptors (Lipinski definition) is 2. The molecule has 0 unspecified atom stereocenters. The van der Waals surface area contributed by atoms with Crippen molar-refractivity contribution in [2.45, 2.75) is 45.4 Å². The van der Waals surface area contributed by atoms with Crippen LogP contribution >= 0.6 is 0 Å². The number of carbonyl (C=O) groups is 1. The highest BCUT2D eigenvalue weighted by atomic mass is 16.1. The van der Waals surface area contributed by atoms with Crippen molar-refractivity contribution in [1.82, 2.24) is 0 Å². The summed E-state index contributed by atoms with van der Waals surface area (Å²) in [6, 6.07) is 8.36. The normalized spacial score (nSPS) is 20.7. The van der Waals surface area contributed by atoms with Gasteiger partial charge < -0.3 is 10.2 Å². The van der Waals surface area contributed by atoms with E-state index in [2.05, 4.69) is 29.3 Å². The Balaban J connectivity index is 1.57. The first-order valence-electron chi connectivity index (χ1n) is 8.38. The van der Waals surface area contributed by atoms with Crippen molar-refractivity contribution in [2.24, 2.45) is 11.8 Å². The Morgan fingerprint density at radius 2 is 1.67 bits per heavy atom. The Kier molecular flexibility index (Phi) is 4.47. The van der Waals surface area contributed by atoms with Gasteiger partial charge in [0.15, 0.2) is 0 Å². The number of amides is 1. The van der Waals surface area contributed by atoms with Crippen LogP contribution in [-0.4, -0.2) is 19.0 Å². The van der Waals surface area contributed by atoms with Crippen molar-refractivity contribution in [3.05, 3.63) is 24.3 Å². The van der Waals surface area contributed by atoms with E-state index in [-0.39, 0.29) is 11.8 Å². The van der Waals surface area contributed by atoms with Gasteiger partial charge in [-0.2, -0.15) is 0 Å². The molecule has 2 aliphatic rings. The fourth-order valence-corrected chi connectivity index (χ4v) is 3.45. The lowest BCUT2D eigenvalue weighted by Gasteiger charge is -2.32. The van der Waals surface area contributed by atoms with E-state index in [4.69, 9.17) is 0 Å². The van der Waals surface area contributed by atoms with Crippen LogP contribution in [-0.2, 0) is 4.79 Å². The van der Waals surface area contributed by atoms with Gasteiger partial charge in [0.05, 0.1) is 0 Å². The van der Waals surface area contributed by atoms with E-state index >= 15 is 0 Å². The highest BCUT2D eigenvalue weighted by Gasteiger charge is 2.22. The first kappa shape index (κ1) is 14.4. The van der Waals surface area contributed by atoms with E-state index in [1.807, 2.05) is 12.1 Å². The predicted octanol–water partition coefficient (Wildman–Crippen LogP) is 4.05. The zero-order chi connectivity index (χ0) is 14.7. The summed E-state index contributed by atoms with van der Waals surface area (Å²) in [5.74, 6) is 1.28. The number of benzene rings is 1. The minimum Gasteiger partial charge on any atom is -0.372 e. The number of hydrogen-bond donors (Lipinski definition) is 1. The van der Waals surface area contributed by atoms with Crippen LogP contribution in [0.15, 0.2) is 24.3 Å². The fraction of sp³-hybridized carbons (Fsp3) is 0.611. The van der Waals surface area contributed by atoms with Gasteiger partial charge in [-0.05, 0) is 55.9 Å². The van der Waals surface area contributed by atoms with E-state index in [1.165, 1.54) is 31.4 Å². The average Bonchev–Trinajstić information content (AvgIpc) is 3.03. The number of rotatable bonds is 3. The molecule has 1 amide bonds. The first-order chi connectivity index (χ1) is 10.2. The third-order valence-electron chi connectivity index (χ3n) is 5.01. The molecule has 0 bridgehead atoms. The number of piperidine rings is 1. The molecule has 3 rings (SSSR count). The highest BCUT2D eigenvalue weighted by molar-refractivity contribution is 5.92. The predicted molar refractivity (Wildman–Crippen MR) is 87.6 cm³/mol. The Hall–Kier alpha value is -1.51. The van der Waals surface area contributed by atoms with Gasteiger partial charge in [-0.15, -0.1) is 0 Å². The Labute approximate surface area is 127 Å². The van der Waals surface area contributed by atoms with E-state index in [0.29, 0.717) is 0 Å². The Bertz CT molecular complexity index is 468. The van der Waals surface area contributed by atoms with Crippen LogP contribution in [0.3, 0.4) is 0 Å². The molecule has 0 radical (unpaired) electrons. The number of nitrogens with zero attached hydrogens (tertiary/aromatic N) is 1. The van der Waals surface area contributed by atoms with Gasteiger partial charge in [0.25, 0.3) is 0 Å². The summed E-state index contributed by atoms with van der Waals surface area (Å²) in [6.07, 6.45) is 7.06. The lowest BCUT2D eigenvalue weighted by atomic mass is 9.99. The van der Waals surface area contributed by atoms with Crippen molar-refractivity contribution in [1.29, 1.82) is 0 Å². The van der Waals surface area contributed by atoms with Gasteiger partial charge in [0.2, 0.25) is 5.91 Å². The van der Waals surface area contributed by atoms with E-state index < -0.39 is 0 Å². The molecule has 3 heteroatoms. The molecule has 114 valence electrons. The smallest absolute Gasteiger partial charge is 0.227 e. The van der Waals surface area contributed by atoms with Crippen LogP contribution < -0.4 is 10.2 Å². The molecule has 1 heterocycles. The summed E-state index contributed by atoms with van der Waals surface area (Å²) < 4.78 is 0.